The fourth-order valence-electron chi connectivity index (χ4n) is 1.45. The highest BCUT2D eigenvalue weighted by atomic mass is 35.5. The highest BCUT2D eigenvalue weighted by Gasteiger charge is 2.11. The van der Waals surface area contributed by atoms with Gasteiger partial charge in [0, 0.05) is 12.0 Å². The minimum Gasteiger partial charge on any atom is -0.237 e. The Bertz CT molecular complexity index is 321. The molecule has 0 amide bonds. The first-order valence-corrected chi connectivity index (χ1v) is 5.47. The van der Waals surface area contributed by atoms with Crippen molar-refractivity contribution in [3.63, 3.8) is 0 Å². The van der Waals surface area contributed by atoms with Gasteiger partial charge in [-0.15, -0.1) is 0 Å². The average molecular weight is 213 g/mol. The number of aromatic nitrogens is 2. The number of hydrogen-bond donors (Lipinski definition) is 0. The second kappa shape index (κ2) is 4.74. The van der Waals surface area contributed by atoms with Crippen LogP contribution in [0.3, 0.4) is 0 Å². The summed E-state index contributed by atoms with van der Waals surface area (Å²) in [5.41, 5.74) is 2.09. The van der Waals surface area contributed by atoms with Crippen LogP contribution < -0.4 is 0 Å². The number of rotatable bonds is 3. The first kappa shape index (κ1) is 11.4. The van der Waals surface area contributed by atoms with Gasteiger partial charge in [-0.05, 0) is 19.3 Å². The van der Waals surface area contributed by atoms with Crippen molar-refractivity contribution in [2.24, 2.45) is 0 Å². The van der Waals surface area contributed by atoms with Crippen LogP contribution in [0, 0.1) is 6.92 Å². The van der Waals surface area contributed by atoms with Gasteiger partial charge in [-0.1, -0.05) is 32.4 Å². The van der Waals surface area contributed by atoms with Crippen LogP contribution in [0.25, 0.3) is 0 Å². The lowest BCUT2D eigenvalue weighted by molar-refractivity contribution is 0.754. The summed E-state index contributed by atoms with van der Waals surface area (Å²) in [5.74, 6) is 1.28. The Morgan fingerprint density at radius 2 is 1.93 bits per heavy atom. The number of halogens is 1. The first-order valence-electron chi connectivity index (χ1n) is 5.09. The Morgan fingerprint density at radius 1 is 1.29 bits per heavy atom. The molecule has 0 bridgehead atoms. The van der Waals surface area contributed by atoms with E-state index in [1.165, 1.54) is 0 Å². The molecule has 0 fully saturated rings. The highest BCUT2D eigenvalue weighted by Crippen LogP contribution is 2.22. The highest BCUT2D eigenvalue weighted by molar-refractivity contribution is 6.30. The predicted molar refractivity (Wildman–Crippen MR) is 59.9 cm³/mol. The van der Waals surface area contributed by atoms with E-state index in [1.54, 1.807) is 0 Å². The van der Waals surface area contributed by atoms with Gasteiger partial charge in [-0.2, -0.15) is 0 Å². The van der Waals surface area contributed by atoms with E-state index in [0.29, 0.717) is 11.1 Å². The number of nitrogens with zero attached hydrogens (tertiary/aromatic N) is 2. The van der Waals surface area contributed by atoms with Crippen LogP contribution in [0.5, 0.6) is 0 Å². The normalized spacial score (nSPS) is 11.0. The summed E-state index contributed by atoms with van der Waals surface area (Å²) in [5, 5.41) is 0.604. The third-order valence-corrected chi connectivity index (χ3v) is 2.56. The molecular formula is C11H17ClN2. The van der Waals surface area contributed by atoms with Crippen molar-refractivity contribution in [2.75, 3.05) is 0 Å². The van der Waals surface area contributed by atoms with E-state index in [9.17, 15) is 0 Å². The molecule has 0 saturated carbocycles. The summed E-state index contributed by atoms with van der Waals surface area (Å²) >= 11 is 6.05. The van der Waals surface area contributed by atoms with E-state index in [1.807, 2.05) is 6.92 Å². The molecule has 1 aromatic rings. The molecule has 0 aliphatic carbocycles. The molecule has 2 nitrogen and oxygen atoms in total. The van der Waals surface area contributed by atoms with Crippen molar-refractivity contribution >= 4 is 11.6 Å². The van der Waals surface area contributed by atoms with Gasteiger partial charge in [-0.3, -0.25) is 0 Å². The summed E-state index contributed by atoms with van der Waals surface area (Å²) < 4.78 is 0. The van der Waals surface area contributed by atoms with E-state index in [2.05, 4.69) is 30.7 Å². The molecule has 0 radical (unpaired) electrons. The SMILES string of the molecule is CCCc1nc(Cl)c(C)c(C(C)C)n1. The van der Waals surface area contributed by atoms with Gasteiger partial charge in [0.1, 0.15) is 11.0 Å². The monoisotopic (exact) mass is 212 g/mol. The minimum atomic E-state index is 0.408. The van der Waals surface area contributed by atoms with Crippen molar-refractivity contribution in [2.45, 2.75) is 46.5 Å². The summed E-state index contributed by atoms with van der Waals surface area (Å²) in [6.45, 7) is 8.35. The van der Waals surface area contributed by atoms with Crippen LogP contribution in [0.2, 0.25) is 5.15 Å². The van der Waals surface area contributed by atoms with Gasteiger partial charge in [0.25, 0.3) is 0 Å². The van der Waals surface area contributed by atoms with E-state index >= 15 is 0 Å². The average Bonchev–Trinajstić information content (AvgIpc) is 2.11. The zero-order valence-electron chi connectivity index (χ0n) is 9.26. The molecule has 78 valence electrons. The zero-order chi connectivity index (χ0) is 10.7. The van der Waals surface area contributed by atoms with Crippen molar-refractivity contribution < 1.29 is 0 Å². The third-order valence-electron chi connectivity index (χ3n) is 2.19. The maximum absolute atomic E-state index is 6.05. The summed E-state index contributed by atoms with van der Waals surface area (Å²) in [4.78, 5) is 8.79. The van der Waals surface area contributed by atoms with Crippen LogP contribution in [0.15, 0.2) is 0 Å². The molecule has 3 heteroatoms. The maximum Gasteiger partial charge on any atom is 0.135 e. The predicted octanol–water partition coefficient (Wildman–Crippen LogP) is 3.51. The molecular weight excluding hydrogens is 196 g/mol. The fourth-order valence-corrected chi connectivity index (χ4v) is 1.64. The number of aryl methyl sites for hydroxylation is 1. The fraction of sp³-hybridized carbons (Fsp3) is 0.636. The third kappa shape index (κ3) is 2.44. The van der Waals surface area contributed by atoms with Gasteiger partial charge in [0.05, 0.1) is 5.69 Å². The lowest BCUT2D eigenvalue weighted by Gasteiger charge is -2.11. The van der Waals surface area contributed by atoms with Gasteiger partial charge >= 0.3 is 0 Å². The van der Waals surface area contributed by atoms with Crippen LogP contribution in [-0.4, -0.2) is 9.97 Å². The van der Waals surface area contributed by atoms with Crippen molar-refractivity contribution in [1.82, 2.24) is 9.97 Å². The molecule has 0 aromatic carbocycles. The zero-order valence-corrected chi connectivity index (χ0v) is 10.0. The molecule has 0 unspecified atom stereocenters. The molecule has 0 saturated heterocycles. The molecule has 0 atom stereocenters. The van der Waals surface area contributed by atoms with E-state index in [0.717, 1.165) is 29.9 Å². The van der Waals surface area contributed by atoms with Crippen LogP contribution >= 0.6 is 11.6 Å². The first-order chi connectivity index (χ1) is 6.56. The van der Waals surface area contributed by atoms with Crippen molar-refractivity contribution in [3.05, 3.63) is 22.2 Å². The maximum atomic E-state index is 6.05. The Labute approximate surface area is 90.7 Å². The van der Waals surface area contributed by atoms with Crippen molar-refractivity contribution in [1.29, 1.82) is 0 Å². The summed E-state index contributed by atoms with van der Waals surface area (Å²) in [7, 11) is 0. The second-order valence-corrected chi connectivity index (χ2v) is 4.20. The van der Waals surface area contributed by atoms with Gasteiger partial charge in [0.2, 0.25) is 0 Å². The van der Waals surface area contributed by atoms with Gasteiger partial charge in [-0.25, -0.2) is 9.97 Å². The van der Waals surface area contributed by atoms with Gasteiger partial charge < -0.3 is 0 Å². The lowest BCUT2D eigenvalue weighted by Crippen LogP contribution is -2.04. The molecule has 1 heterocycles. The minimum absolute atomic E-state index is 0.408. The summed E-state index contributed by atoms with van der Waals surface area (Å²) in [6.07, 6.45) is 1.96. The Balaban J connectivity index is 3.14. The van der Waals surface area contributed by atoms with Crippen molar-refractivity contribution in [3.8, 4) is 0 Å². The molecule has 0 aliphatic rings. The van der Waals surface area contributed by atoms with Crippen LogP contribution in [0.4, 0.5) is 0 Å². The van der Waals surface area contributed by atoms with Gasteiger partial charge in [0.15, 0.2) is 0 Å². The van der Waals surface area contributed by atoms with E-state index in [-0.39, 0.29) is 0 Å². The molecule has 0 aliphatic heterocycles. The Hall–Kier alpha value is -0.630. The van der Waals surface area contributed by atoms with E-state index < -0.39 is 0 Å². The largest absolute Gasteiger partial charge is 0.237 e. The smallest absolute Gasteiger partial charge is 0.135 e. The molecule has 1 rings (SSSR count). The Morgan fingerprint density at radius 3 is 2.43 bits per heavy atom. The lowest BCUT2D eigenvalue weighted by atomic mass is 10.1. The quantitative estimate of drug-likeness (QED) is 0.717. The van der Waals surface area contributed by atoms with E-state index in [4.69, 9.17) is 11.6 Å². The van der Waals surface area contributed by atoms with Crippen LogP contribution in [0.1, 0.15) is 50.2 Å². The summed E-state index contributed by atoms with van der Waals surface area (Å²) in [6, 6.07) is 0. The number of hydrogen-bond acceptors (Lipinski definition) is 2. The standard InChI is InChI=1S/C11H17ClN2/c1-5-6-9-13-10(7(2)3)8(4)11(12)14-9/h7H,5-6H2,1-4H3. The van der Waals surface area contributed by atoms with Crippen LogP contribution in [-0.2, 0) is 6.42 Å². The molecule has 14 heavy (non-hydrogen) atoms. The second-order valence-electron chi connectivity index (χ2n) is 3.85. The molecule has 0 N–H and O–H groups in total. The molecule has 0 spiro atoms. The topological polar surface area (TPSA) is 25.8 Å². The molecule has 1 aromatic heterocycles. The Kier molecular flexibility index (Phi) is 3.87.